The molecule has 0 bridgehead atoms. The first-order chi connectivity index (χ1) is 15.0. The monoisotopic (exact) mass is 429 g/mol. The molecule has 0 aliphatic rings. The molecule has 3 heterocycles. The van der Waals surface area contributed by atoms with Crippen molar-refractivity contribution >= 4 is 44.3 Å². The van der Waals surface area contributed by atoms with Crippen LogP contribution >= 0.6 is 11.3 Å². The fourth-order valence-corrected chi connectivity index (χ4v) is 4.75. The molecule has 2 aromatic carbocycles. The van der Waals surface area contributed by atoms with Gasteiger partial charge in [0.25, 0.3) is 11.8 Å². The summed E-state index contributed by atoms with van der Waals surface area (Å²) in [4.78, 5) is 26.8. The van der Waals surface area contributed by atoms with E-state index in [1.165, 1.54) is 11.3 Å². The molecule has 0 atom stereocenters. The topological polar surface area (TPSA) is 81.0 Å². The summed E-state index contributed by atoms with van der Waals surface area (Å²) in [5.41, 5.74) is 8.29. The lowest BCUT2D eigenvalue weighted by Crippen LogP contribution is -2.41. The number of nitrogens with zero attached hydrogens (tertiary/aromatic N) is 3. The van der Waals surface area contributed by atoms with E-state index in [4.69, 9.17) is 0 Å². The molecule has 0 spiro atoms. The van der Waals surface area contributed by atoms with E-state index in [9.17, 15) is 9.59 Å². The zero-order chi connectivity index (χ0) is 21.5. The molecule has 0 radical (unpaired) electrons. The largest absolute Gasteiger partial charge is 0.350 e. The second-order valence-electron chi connectivity index (χ2n) is 7.24. The van der Waals surface area contributed by atoms with Crippen LogP contribution in [0.5, 0.6) is 0 Å². The Morgan fingerprint density at radius 1 is 0.935 bits per heavy atom. The highest BCUT2D eigenvalue weighted by Gasteiger charge is 2.19. The highest BCUT2D eigenvalue weighted by molar-refractivity contribution is 7.20. The van der Waals surface area contributed by atoms with Gasteiger partial charge >= 0.3 is 0 Å². The van der Waals surface area contributed by atoms with Gasteiger partial charge in [-0.2, -0.15) is 5.10 Å². The van der Waals surface area contributed by atoms with Gasteiger partial charge in [0.15, 0.2) is 0 Å². The average Bonchev–Trinajstić information content (AvgIpc) is 3.46. The number of carbonyl (C=O) groups is 2. The van der Waals surface area contributed by atoms with Gasteiger partial charge in [-0.25, -0.2) is 4.68 Å². The van der Waals surface area contributed by atoms with Crippen molar-refractivity contribution in [2.45, 2.75) is 6.92 Å². The molecule has 0 aliphatic carbocycles. The van der Waals surface area contributed by atoms with Crippen LogP contribution < -0.4 is 10.9 Å². The molecule has 7 nitrogen and oxygen atoms in total. The summed E-state index contributed by atoms with van der Waals surface area (Å²) in [7, 11) is 1.88. The van der Waals surface area contributed by atoms with Crippen molar-refractivity contribution in [3.8, 4) is 5.69 Å². The number of fused-ring (bicyclic) bond motifs is 2. The molecule has 2 N–H and O–H groups in total. The molecule has 2 amide bonds. The Hall–Kier alpha value is -3.91. The van der Waals surface area contributed by atoms with Crippen molar-refractivity contribution in [2.75, 3.05) is 0 Å². The van der Waals surface area contributed by atoms with Crippen LogP contribution in [0.25, 0.3) is 26.8 Å². The third kappa shape index (κ3) is 3.27. The number of hydrazine groups is 1. The number of carbonyl (C=O) groups excluding carboxylic acids is 2. The molecule has 5 rings (SSSR count). The fraction of sp³-hybridized carbons (Fsp3) is 0.0870. The third-order valence-corrected chi connectivity index (χ3v) is 6.31. The Kier molecular flexibility index (Phi) is 4.56. The van der Waals surface area contributed by atoms with Gasteiger partial charge in [0.1, 0.15) is 4.83 Å². The van der Waals surface area contributed by atoms with E-state index in [0.29, 0.717) is 10.4 Å². The number of nitrogens with one attached hydrogen (secondary N) is 2. The number of para-hydroxylation sites is 2. The maximum Gasteiger partial charge on any atom is 0.279 e. The Bertz CT molecular complexity index is 1450. The van der Waals surface area contributed by atoms with Crippen LogP contribution in [0.1, 0.15) is 25.7 Å². The van der Waals surface area contributed by atoms with Gasteiger partial charge < -0.3 is 4.57 Å². The Labute approximate surface area is 181 Å². The van der Waals surface area contributed by atoms with Gasteiger partial charge in [-0.3, -0.25) is 20.4 Å². The van der Waals surface area contributed by atoms with Crippen molar-refractivity contribution in [3.63, 3.8) is 0 Å². The van der Waals surface area contributed by atoms with E-state index in [2.05, 4.69) is 16.0 Å². The lowest BCUT2D eigenvalue weighted by atomic mass is 10.2. The number of thiophene rings is 1. The number of benzene rings is 2. The molecule has 0 saturated carbocycles. The van der Waals surface area contributed by atoms with E-state index < -0.39 is 0 Å². The Morgan fingerprint density at radius 2 is 1.65 bits per heavy atom. The van der Waals surface area contributed by atoms with Crippen molar-refractivity contribution in [3.05, 3.63) is 83.0 Å². The molecule has 5 aromatic rings. The van der Waals surface area contributed by atoms with Gasteiger partial charge in [0.2, 0.25) is 0 Å². The van der Waals surface area contributed by atoms with E-state index in [0.717, 1.165) is 32.5 Å². The standard InChI is InChI=1S/C23H19N5O2S/c1-14-17-12-20(31-23(17)28(26-14)15-8-4-3-5-9-15)22(30)25-24-21(29)18-13-27(2)19-11-7-6-10-16(18)19/h3-13H,1-2H3,(H,24,29)(H,25,30). The molecule has 154 valence electrons. The van der Waals surface area contributed by atoms with Crippen LogP contribution in [0.3, 0.4) is 0 Å². The second-order valence-corrected chi connectivity index (χ2v) is 8.27. The molecule has 0 fully saturated rings. The molecule has 0 saturated heterocycles. The summed E-state index contributed by atoms with van der Waals surface area (Å²) in [6.45, 7) is 1.92. The van der Waals surface area contributed by atoms with Gasteiger partial charge in [-0.1, -0.05) is 36.4 Å². The van der Waals surface area contributed by atoms with E-state index >= 15 is 0 Å². The van der Waals surface area contributed by atoms with Crippen LogP contribution in [0.4, 0.5) is 0 Å². The normalized spacial score (nSPS) is 11.2. The number of aryl methyl sites for hydroxylation is 2. The molecule has 0 unspecified atom stereocenters. The fourth-order valence-electron chi connectivity index (χ4n) is 3.67. The van der Waals surface area contributed by atoms with Crippen LogP contribution in [0.2, 0.25) is 0 Å². The smallest absolute Gasteiger partial charge is 0.279 e. The quantitative estimate of drug-likeness (QED) is 0.426. The third-order valence-electron chi connectivity index (χ3n) is 5.20. The maximum atomic E-state index is 12.7. The summed E-state index contributed by atoms with van der Waals surface area (Å²) in [6, 6.07) is 19.2. The van der Waals surface area contributed by atoms with Crippen molar-refractivity contribution in [2.24, 2.45) is 7.05 Å². The minimum absolute atomic E-state index is 0.363. The van der Waals surface area contributed by atoms with Gasteiger partial charge in [0.05, 0.1) is 21.8 Å². The Balaban J connectivity index is 1.38. The summed E-state index contributed by atoms with van der Waals surface area (Å²) in [6.07, 6.45) is 1.75. The first-order valence-electron chi connectivity index (χ1n) is 9.72. The van der Waals surface area contributed by atoms with Gasteiger partial charge in [-0.05, 0) is 31.2 Å². The summed E-state index contributed by atoms with van der Waals surface area (Å²) in [5.74, 6) is -0.730. The number of aromatic nitrogens is 3. The SMILES string of the molecule is Cc1nn(-c2ccccc2)c2sc(C(=O)NNC(=O)c3cn(C)c4ccccc34)cc12. The van der Waals surface area contributed by atoms with Crippen LogP contribution in [0.15, 0.2) is 66.9 Å². The summed E-state index contributed by atoms with van der Waals surface area (Å²) < 4.78 is 3.72. The molecular weight excluding hydrogens is 410 g/mol. The number of hydrogen-bond acceptors (Lipinski definition) is 4. The minimum atomic E-state index is -0.367. The molecule has 8 heteroatoms. The van der Waals surface area contributed by atoms with E-state index in [-0.39, 0.29) is 11.8 Å². The molecule has 31 heavy (non-hydrogen) atoms. The van der Waals surface area contributed by atoms with E-state index in [1.807, 2.05) is 77.8 Å². The van der Waals surface area contributed by atoms with Crippen LogP contribution in [-0.4, -0.2) is 26.2 Å². The maximum absolute atomic E-state index is 12.7. The lowest BCUT2D eigenvalue weighted by molar-refractivity contribution is 0.0850. The Morgan fingerprint density at radius 3 is 2.45 bits per heavy atom. The first kappa shape index (κ1) is 19.1. The zero-order valence-electron chi connectivity index (χ0n) is 16.9. The number of hydrogen-bond donors (Lipinski definition) is 2. The first-order valence-corrected chi connectivity index (χ1v) is 10.5. The van der Waals surface area contributed by atoms with Gasteiger partial charge in [0, 0.05) is 29.5 Å². The van der Waals surface area contributed by atoms with E-state index in [1.54, 1.807) is 12.3 Å². The lowest BCUT2D eigenvalue weighted by Gasteiger charge is -2.05. The highest BCUT2D eigenvalue weighted by atomic mass is 32.1. The van der Waals surface area contributed by atoms with Crippen LogP contribution in [0, 0.1) is 6.92 Å². The average molecular weight is 430 g/mol. The predicted molar refractivity (Wildman–Crippen MR) is 122 cm³/mol. The minimum Gasteiger partial charge on any atom is -0.350 e. The molecular formula is C23H19N5O2S. The van der Waals surface area contributed by atoms with Gasteiger partial charge in [-0.15, -0.1) is 11.3 Å². The molecule has 0 aliphatic heterocycles. The number of amides is 2. The van der Waals surface area contributed by atoms with Crippen LogP contribution in [-0.2, 0) is 7.05 Å². The highest BCUT2D eigenvalue weighted by Crippen LogP contribution is 2.30. The summed E-state index contributed by atoms with van der Waals surface area (Å²) >= 11 is 1.33. The molecule has 3 aromatic heterocycles. The zero-order valence-corrected chi connectivity index (χ0v) is 17.7. The van der Waals surface area contributed by atoms with Crippen molar-refractivity contribution in [1.82, 2.24) is 25.2 Å². The van der Waals surface area contributed by atoms with Crippen molar-refractivity contribution in [1.29, 1.82) is 0 Å². The van der Waals surface area contributed by atoms with Crippen molar-refractivity contribution < 1.29 is 9.59 Å². The predicted octanol–water partition coefficient (Wildman–Crippen LogP) is 3.96. The second kappa shape index (κ2) is 7.41. The number of rotatable bonds is 3. The summed E-state index contributed by atoms with van der Waals surface area (Å²) in [5, 5.41) is 6.34.